The van der Waals surface area contributed by atoms with E-state index in [9.17, 15) is 18.0 Å². The normalized spacial score (nSPS) is 11.2. The lowest BCUT2D eigenvalue weighted by Crippen LogP contribution is -2.19. The Morgan fingerprint density at radius 3 is 2.43 bits per heavy atom. The number of aromatic nitrogens is 1. The molecule has 0 bridgehead atoms. The van der Waals surface area contributed by atoms with Crippen LogP contribution >= 0.6 is 11.3 Å². The summed E-state index contributed by atoms with van der Waals surface area (Å²) in [5.74, 6) is 0.772. The van der Waals surface area contributed by atoms with Gasteiger partial charge in [0, 0.05) is 16.6 Å². The maximum atomic E-state index is 12.6. The highest BCUT2D eigenvalue weighted by Gasteiger charge is 2.30. The van der Waals surface area contributed by atoms with Crippen molar-refractivity contribution in [2.24, 2.45) is 0 Å². The molecule has 0 saturated carbocycles. The number of alkyl halides is 3. The van der Waals surface area contributed by atoms with Crippen molar-refractivity contribution >= 4 is 28.2 Å². The van der Waals surface area contributed by atoms with E-state index in [2.05, 4.69) is 15.6 Å². The molecule has 2 aromatic carbocycles. The van der Waals surface area contributed by atoms with Crippen LogP contribution in [0.25, 0.3) is 11.3 Å². The van der Waals surface area contributed by atoms with E-state index >= 15 is 0 Å². The van der Waals surface area contributed by atoms with Gasteiger partial charge in [-0.2, -0.15) is 13.2 Å². The molecule has 5 nitrogen and oxygen atoms in total. The summed E-state index contributed by atoms with van der Waals surface area (Å²) < 4.78 is 42.9. The van der Waals surface area contributed by atoms with Gasteiger partial charge in [0.2, 0.25) is 0 Å². The van der Waals surface area contributed by atoms with Gasteiger partial charge in [-0.05, 0) is 55.0 Å². The van der Waals surface area contributed by atoms with E-state index in [1.165, 1.54) is 23.5 Å². The summed E-state index contributed by atoms with van der Waals surface area (Å²) in [5.41, 5.74) is 2.00. The average Bonchev–Trinajstić information content (AvgIpc) is 3.09. The van der Waals surface area contributed by atoms with Gasteiger partial charge in [-0.3, -0.25) is 5.32 Å². The largest absolute Gasteiger partial charge is 0.496 e. The highest BCUT2D eigenvalue weighted by molar-refractivity contribution is 7.14. The third kappa shape index (κ3) is 4.61. The molecule has 3 rings (SSSR count). The van der Waals surface area contributed by atoms with E-state index in [1.807, 2.05) is 25.1 Å². The minimum absolute atomic E-state index is 0.244. The summed E-state index contributed by atoms with van der Waals surface area (Å²) in [6.45, 7) is 1.92. The van der Waals surface area contributed by atoms with Crippen LogP contribution in [0.4, 0.5) is 28.8 Å². The van der Waals surface area contributed by atoms with Gasteiger partial charge in [0.15, 0.2) is 5.13 Å². The molecule has 0 spiro atoms. The Labute approximate surface area is 163 Å². The standard InChI is InChI=1S/C19H16F3N3O2S/c1-11-9-12(3-8-16(11)27-2)15-10-28-18(24-15)25-17(26)23-14-6-4-13(5-7-14)19(20,21)22/h3-10H,1-2H3,(H2,23,24,25,26). The van der Waals surface area contributed by atoms with Gasteiger partial charge in [-0.25, -0.2) is 9.78 Å². The SMILES string of the molecule is COc1ccc(-c2csc(NC(=O)Nc3ccc(C(F)(F)F)cc3)n2)cc1C. The summed E-state index contributed by atoms with van der Waals surface area (Å²) in [6, 6.07) is 9.24. The fraction of sp³-hybridized carbons (Fsp3) is 0.158. The number of hydrogen-bond donors (Lipinski definition) is 2. The first-order chi connectivity index (χ1) is 13.3. The van der Waals surface area contributed by atoms with Crippen LogP contribution in [0, 0.1) is 6.92 Å². The number of carbonyl (C=O) groups excluding carboxylic acids is 1. The van der Waals surface area contributed by atoms with E-state index in [0.29, 0.717) is 10.8 Å². The lowest BCUT2D eigenvalue weighted by atomic mass is 10.1. The maximum Gasteiger partial charge on any atom is 0.416 e. The zero-order valence-electron chi connectivity index (χ0n) is 14.9. The van der Waals surface area contributed by atoms with Gasteiger partial charge >= 0.3 is 12.2 Å². The molecule has 0 aliphatic carbocycles. The molecule has 0 radical (unpaired) electrons. The third-order valence-corrected chi connectivity index (χ3v) is 4.64. The average molecular weight is 407 g/mol. The molecule has 9 heteroatoms. The van der Waals surface area contributed by atoms with Gasteiger partial charge < -0.3 is 10.1 Å². The van der Waals surface area contributed by atoms with E-state index in [-0.39, 0.29) is 5.69 Å². The van der Waals surface area contributed by atoms with Crippen molar-refractivity contribution in [2.45, 2.75) is 13.1 Å². The number of anilines is 2. The van der Waals surface area contributed by atoms with Crippen molar-refractivity contribution in [1.29, 1.82) is 0 Å². The van der Waals surface area contributed by atoms with E-state index in [0.717, 1.165) is 29.0 Å². The van der Waals surface area contributed by atoms with Gasteiger partial charge in [0.25, 0.3) is 0 Å². The molecule has 0 saturated heterocycles. The number of carbonyl (C=O) groups is 1. The monoisotopic (exact) mass is 407 g/mol. The molecule has 0 aliphatic heterocycles. The number of benzene rings is 2. The molecule has 1 heterocycles. The number of thiazole rings is 1. The van der Waals surface area contributed by atoms with Crippen LogP contribution in [-0.2, 0) is 6.18 Å². The van der Waals surface area contributed by atoms with Crippen LogP contribution in [0.15, 0.2) is 47.8 Å². The van der Waals surface area contributed by atoms with Gasteiger partial charge in [-0.15, -0.1) is 11.3 Å². The smallest absolute Gasteiger partial charge is 0.416 e. The molecule has 0 atom stereocenters. The fourth-order valence-corrected chi connectivity index (χ4v) is 3.22. The quantitative estimate of drug-likeness (QED) is 0.575. The van der Waals surface area contributed by atoms with Gasteiger partial charge in [0.05, 0.1) is 18.4 Å². The Bertz CT molecular complexity index is 985. The third-order valence-electron chi connectivity index (χ3n) is 3.89. The van der Waals surface area contributed by atoms with E-state index in [4.69, 9.17) is 4.74 Å². The number of nitrogens with one attached hydrogen (secondary N) is 2. The highest BCUT2D eigenvalue weighted by atomic mass is 32.1. The van der Waals surface area contributed by atoms with Crippen LogP contribution in [-0.4, -0.2) is 18.1 Å². The molecule has 28 heavy (non-hydrogen) atoms. The Hall–Kier alpha value is -3.07. The van der Waals surface area contributed by atoms with Gasteiger partial charge in [-0.1, -0.05) is 0 Å². The van der Waals surface area contributed by atoms with Crippen molar-refractivity contribution in [3.63, 3.8) is 0 Å². The molecule has 0 unspecified atom stereocenters. The Morgan fingerprint density at radius 1 is 1.11 bits per heavy atom. The molecule has 3 aromatic rings. The van der Waals surface area contributed by atoms with E-state index in [1.54, 1.807) is 12.5 Å². The van der Waals surface area contributed by atoms with Crippen LogP contribution in [0.3, 0.4) is 0 Å². The van der Waals surface area contributed by atoms with Crippen molar-refractivity contribution in [3.8, 4) is 17.0 Å². The highest BCUT2D eigenvalue weighted by Crippen LogP contribution is 2.30. The molecule has 2 amide bonds. The van der Waals surface area contributed by atoms with Gasteiger partial charge in [0.1, 0.15) is 5.75 Å². The number of methoxy groups -OCH3 is 1. The fourth-order valence-electron chi connectivity index (χ4n) is 2.50. The zero-order valence-corrected chi connectivity index (χ0v) is 15.7. The number of amides is 2. The maximum absolute atomic E-state index is 12.6. The first kappa shape index (κ1) is 19.7. The predicted octanol–water partition coefficient (Wildman–Crippen LogP) is 5.79. The summed E-state index contributed by atoms with van der Waals surface area (Å²) in [4.78, 5) is 16.4. The summed E-state index contributed by atoms with van der Waals surface area (Å²) in [7, 11) is 1.60. The number of aryl methyl sites for hydroxylation is 1. The van der Waals surface area contributed by atoms with Crippen LogP contribution < -0.4 is 15.4 Å². The Balaban J connectivity index is 1.65. The predicted molar refractivity (Wildman–Crippen MR) is 103 cm³/mol. The minimum Gasteiger partial charge on any atom is -0.496 e. The first-order valence-corrected chi connectivity index (χ1v) is 9.00. The number of hydrogen-bond acceptors (Lipinski definition) is 4. The van der Waals surface area contributed by atoms with Crippen molar-refractivity contribution < 1.29 is 22.7 Å². The van der Waals surface area contributed by atoms with Crippen molar-refractivity contribution in [3.05, 3.63) is 59.0 Å². The van der Waals surface area contributed by atoms with Crippen molar-refractivity contribution in [2.75, 3.05) is 17.7 Å². The Morgan fingerprint density at radius 2 is 1.82 bits per heavy atom. The second-order valence-electron chi connectivity index (χ2n) is 5.88. The van der Waals surface area contributed by atoms with Crippen molar-refractivity contribution in [1.82, 2.24) is 4.98 Å². The molecule has 0 aliphatic rings. The molecule has 1 aromatic heterocycles. The number of nitrogens with zero attached hydrogens (tertiary/aromatic N) is 1. The second kappa shape index (κ2) is 7.89. The zero-order chi connectivity index (χ0) is 20.3. The number of rotatable bonds is 4. The number of urea groups is 1. The number of ether oxygens (including phenoxy) is 1. The topological polar surface area (TPSA) is 63.2 Å². The molecular weight excluding hydrogens is 391 g/mol. The summed E-state index contributed by atoms with van der Waals surface area (Å²) in [5, 5.41) is 7.22. The molecule has 2 N–H and O–H groups in total. The summed E-state index contributed by atoms with van der Waals surface area (Å²) >= 11 is 1.24. The van der Waals surface area contributed by atoms with Crippen LogP contribution in [0.5, 0.6) is 5.75 Å². The second-order valence-corrected chi connectivity index (χ2v) is 6.73. The summed E-state index contributed by atoms with van der Waals surface area (Å²) in [6.07, 6.45) is -4.42. The van der Waals surface area contributed by atoms with E-state index < -0.39 is 17.8 Å². The van der Waals surface area contributed by atoms with Crippen LogP contribution in [0.1, 0.15) is 11.1 Å². The Kier molecular flexibility index (Phi) is 5.55. The minimum atomic E-state index is -4.42. The first-order valence-electron chi connectivity index (χ1n) is 8.12. The lowest BCUT2D eigenvalue weighted by molar-refractivity contribution is -0.137. The molecule has 146 valence electrons. The van der Waals surface area contributed by atoms with Crippen LogP contribution in [0.2, 0.25) is 0 Å². The number of halogens is 3. The lowest BCUT2D eigenvalue weighted by Gasteiger charge is -2.09. The molecular formula is C19H16F3N3O2S. The molecule has 0 fully saturated rings.